The molecule has 1 aromatic heterocycles. The molecular weight excluding hydrogens is 305 g/mol. The largest absolute Gasteiger partial charge is 0.384 e. The van der Waals surface area contributed by atoms with E-state index in [2.05, 4.69) is 23.6 Å². The minimum atomic E-state index is -0.405. The number of halogens is 1. The highest BCUT2D eigenvalue weighted by molar-refractivity contribution is 5.95. The molecule has 1 aliphatic heterocycles. The first-order valence-electron chi connectivity index (χ1n) is 8.41. The van der Waals surface area contributed by atoms with Crippen LogP contribution in [0.1, 0.15) is 41.5 Å². The molecule has 0 bridgehead atoms. The Kier molecular flexibility index (Phi) is 3.52. The van der Waals surface area contributed by atoms with Gasteiger partial charge in [-0.25, -0.2) is 4.39 Å². The van der Waals surface area contributed by atoms with Gasteiger partial charge >= 0.3 is 0 Å². The van der Waals surface area contributed by atoms with E-state index in [1.165, 1.54) is 24.3 Å². The SMILES string of the molecule is C[C@@H]1C[C@]1(NC(=O)c1ccc(F)cc1)c1ccc2c(n1)CCCN2. The molecule has 4 rings (SSSR count). The number of benzene rings is 1. The van der Waals surface area contributed by atoms with Crippen molar-refractivity contribution in [2.24, 2.45) is 5.92 Å². The lowest BCUT2D eigenvalue weighted by atomic mass is 10.0. The molecule has 2 N–H and O–H groups in total. The zero-order valence-corrected chi connectivity index (χ0v) is 13.6. The minimum Gasteiger partial charge on any atom is -0.384 e. The van der Waals surface area contributed by atoms with Crippen molar-refractivity contribution in [3.63, 3.8) is 0 Å². The number of pyridine rings is 1. The van der Waals surface area contributed by atoms with Crippen molar-refractivity contribution in [2.45, 2.75) is 31.7 Å². The van der Waals surface area contributed by atoms with Crippen LogP contribution in [0.2, 0.25) is 0 Å². The van der Waals surface area contributed by atoms with Crippen molar-refractivity contribution in [1.29, 1.82) is 0 Å². The van der Waals surface area contributed by atoms with Crippen LogP contribution in [0.3, 0.4) is 0 Å². The average molecular weight is 325 g/mol. The third-order valence-corrected chi connectivity index (χ3v) is 5.09. The Bertz CT molecular complexity index is 790. The van der Waals surface area contributed by atoms with E-state index in [1.807, 2.05) is 6.07 Å². The van der Waals surface area contributed by atoms with Gasteiger partial charge < -0.3 is 10.6 Å². The van der Waals surface area contributed by atoms with E-state index < -0.39 is 5.54 Å². The fourth-order valence-electron chi connectivity index (χ4n) is 3.48. The monoisotopic (exact) mass is 325 g/mol. The first kappa shape index (κ1) is 15.1. The maximum atomic E-state index is 13.0. The highest BCUT2D eigenvalue weighted by Gasteiger charge is 2.55. The number of nitrogens with zero attached hydrogens (tertiary/aromatic N) is 1. The highest BCUT2D eigenvalue weighted by atomic mass is 19.1. The summed E-state index contributed by atoms with van der Waals surface area (Å²) in [6.07, 6.45) is 2.92. The van der Waals surface area contributed by atoms with Gasteiger partial charge in [0, 0.05) is 12.1 Å². The molecular formula is C19H20FN3O. The molecule has 2 atom stereocenters. The molecule has 2 heterocycles. The summed E-state index contributed by atoms with van der Waals surface area (Å²) >= 11 is 0. The quantitative estimate of drug-likeness (QED) is 0.911. The van der Waals surface area contributed by atoms with Crippen LogP contribution in [0.15, 0.2) is 36.4 Å². The van der Waals surface area contributed by atoms with Crippen molar-refractivity contribution >= 4 is 11.6 Å². The van der Waals surface area contributed by atoms with Gasteiger partial charge in [-0.3, -0.25) is 9.78 Å². The zero-order valence-electron chi connectivity index (χ0n) is 13.6. The number of aromatic nitrogens is 1. The normalized spacial score (nSPS) is 24.7. The van der Waals surface area contributed by atoms with E-state index in [0.29, 0.717) is 11.5 Å². The molecule has 0 radical (unpaired) electrons. The van der Waals surface area contributed by atoms with Crippen LogP contribution in [0.25, 0.3) is 0 Å². The lowest BCUT2D eigenvalue weighted by Gasteiger charge is -2.23. The highest BCUT2D eigenvalue weighted by Crippen LogP contribution is 2.51. The molecule has 2 aromatic rings. The van der Waals surface area contributed by atoms with Crippen LogP contribution >= 0.6 is 0 Å². The van der Waals surface area contributed by atoms with E-state index in [4.69, 9.17) is 4.98 Å². The Morgan fingerprint density at radius 3 is 2.75 bits per heavy atom. The van der Waals surface area contributed by atoms with Gasteiger partial charge in [-0.2, -0.15) is 0 Å². The third kappa shape index (κ3) is 2.54. The number of rotatable bonds is 3. The van der Waals surface area contributed by atoms with E-state index >= 15 is 0 Å². The second-order valence-corrected chi connectivity index (χ2v) is 6.76. The van der Waals surface area contributed by atoms with Crippen molar-refractivity contribution in [3.8, 4) is 0 Å². The number of hydrogen-bond acceptors (Lipinski definition) is 3. The summed E-state index contributed by atoms with van der Waals surface area (Å²) in [4.78, 5) is 17.4. The molecule has 0 saturated heterocycles. The molecule has 4 nitrogen and oxygen atoms in total. The average Bonchev–Trinajstić information content (AvgIpc) is 3.25. The van der Waals surface area contributed by atoms with Crippen LogP contribution in [-0.4, -0.2) is 17.4 Å². The predicted molar refractivity (Wildman–Crippen MR) is 90.4 cm³/mol. The first-order valence-corrected chi connectivity index (χ1v) is 8.41. The van der Waals surface area contributed by atoms with Gasteiger partial charge in [-0.15, -0.1) is 0 Å². The second-order valence-electron chi connectivity index (χ2n) is 6.76. The predicted octanol–water partition coefficient (Wildman–Crippen LogP) is 3.24. The molecule has 2 aliphatic rings. The molecule has 1 fully saturated rings. The van der Waals surface area contributed by atoms with Crippen LogP contribution in [-0.2, 0) is 12.0 Å². The number of carbonyl (C=O) groups excluding carboxylic acids is 1. The van der Waals surface area contributed by atoms with Gasteiger partial charge in [0.1, 0.15) is 5.82 Å². The Balaban J connectivity index is 1.60. The third-order valence-electron chi connectivity index (χ3n) is 5.09. The van der Waals surface area contributed by atoms with Gasteiger partial charge in [0.05, 0.1) is 22.6 Å². The van der Waals surface area contributed by atoms with Crippen molar-refractivity contribution in [2.75, 3.05) is 11.9 Å². The molecule has 0 unspecified atom stereocenters. The number of nitrogens with one attached hydrogen (secondary N) is 2. The fraction of sp³-hybridized carbons (Fsp3) is 0.368. The summed E-state index contributed by atoms with van der Waals surface area (Å²) in [5.74, 6) is -0.189. The summed E-state index contributed by atoms with van der Waals surface area (Å²) in [6.45, 7) is 3.10. The van der Waals surface area contributed by atoms with E-state index in [1.54, 1.807) is 0 Å². The number of hydrogen-bond donors (Lipinski definition) is 2. The smallest absolute Gasteiger partial charge is 0.252 e. The molecule has 0 spiro atoms. The Labute approximate surface area is 140 Å². The number of fused-ring (bicyclic) bond motifs is 1. The molecule has 1 saturated carbocycles. The number of aryl methyl sites for hydroxylation is 1. The minimum absolute atomic E-state index is 0.183. The standard InChI is InChI=1S/C19H20FN3O/c1-12-11-19(12,23-18(24)13-4-6-14(20)7-5-13)17-9-8-15-16(22-17)3-2-10-21-15/h4-9,12,21H,2-3,10-11H2,1H3,(H,23,24)/t12-,19-/m1/s1. The molecule has 1 amide bonds. The molecule has 1 aliphatic carbocycles. The summed E-state index contributed by atoms with van der Waals surface area (Å²) in [5.41, 5.74) is 3.16. The van der Waals surface area contributed by atoms with Crippen LogP contribution < -0.4 is 10.6 Å². The number of amides is 1. The van der Waals surface area contributed by atoms with E-state index in [-0.39, 0.29) is 11.7 Å². The Hall–Kier alpha value is -2.43. The molecule has 1 aromatic carbocycles. The maximum absolute atomic E-state index is 13.0. The lowest BCUT2D eigenvalue weighted by Crippen LogP contribution is -2.37. The van der Waals surface area contributed by atoms with Gasteiger partial charge in [0.15, 0.2) is 0 Å². The van der Waals surface area contributed by atoms with E-state index in [9.17, 15) is 9.18 Å². The van der Waals surface area contributed by atoms with E-state index in [0.717, 1.165) is 42.9 Å². The number of anilines is 1. The summed E-state index contributed by atoms with van der Waals surface area (Å²) in [5, 5.41) is 6.49. The first-order chi connectivity index (χ1) is 11.6. The van der Waals surface area contributed by atoms with Gasteiger partial charge in [-0.1, -0.05) is 6.92 Å². The summed E-state index contributed by atoms with van der Waals surface area (Å²) in [7, 11) is 0. The van der Waals surface area contributed by atoms with Gasteiger partial charge in [0.25, 0.3) is 5.91 Å². The second kappa shape index (κ2) is 5.58. The lowest BCUT2D eigenvalue weighted by molar-refractivity contribution is 0.0926. The van der Waals surface area contributed by atoms with Crippen LogP contribution in [0, 0.1) is 11.7 Å². The number of carbonyl (C=O) groups is 1. The summed E-state index contributed by atoms with van der Waals surface area (Å²) in [6, 6.07) is 9.70. The molecule has 124 valence electrons. The van der Waals surface area contributed by atoms with Crippen LogP contribution in [0.4, 0.5) is 10.1 Å². The maximum Gasteiger partial charge on any atom is 0.252 e. The Morgan fingerprint density at radius 1 is 1.29 bits per heavy atom. The van der Waals surface area contributed by atoms with Crippen molar-refractivity contribution < 1.29 is 9.18 Å². The van der Waals surface area contributed by atoms with Crippen molar-refractivity contribution in [3.05, 3.63) is 59.2 Å². The Morgan fingerprint density at radius 2 is 2.04 bits per heavy atom. The van der Waals surface area contributed by atoms with Crippen LogP contribution in [0.5, 0.6) is 0 Å². The molecule has 24 heavy (non-hydrogen) atoms. The zero-order chi connectivity index (χ0) is 16.7. The fourth-order valence-corrected chi connectivity index (χ4v) is 3.48. The van der Waals surface area contributed by atoms with Gasteiger partial charge in [-0.05, 0) is 61.6 Å². The van der Waals surface area contributed by atoms with Gasteiger partial charge in [0.2, 0.25) is 0 Å². The summed E-state index contributed by atoms with van der Waals surface area (Å²) < 4.78 is 13.0. The molecule has 5 heteroatoms. The van der Waals surface area contributed by atoms with Crippen molar-refractivity contribution in [1.82, 2.24) is 10.3 Å². The topological polar surface area (TPSA) is 54.0 Å².